The first-order valence-electron chi connectivity index (χ1n) is 3.71. The van der Waals surface area contributed by atoms with Crippen LogP contribution in [0.5, 0.6) is 0 Å². The Labute approximate surface area is 75.6 Å². The monoisotopic (exact) mass is 188 g/mol. The van der Waals surface area contributed by atoms with E-state index < -0.39 is 5.95 Å². The summed E-state index contributed by atoms with van der Waals surface area (Å²) in [5.74, 6) is -0.534. The molecule has 12 heavy (non-hydrogen) atoms. The second-order valence-corrected chi connectivity index (χ2v) is 2.98. The van der Waals surface area contributed by atoms with Gasteiger partial charge in [0.05, 0.1) is 5.02 Å². The van der Waals surface area contributed by atoms with Gasteiger partial charge in [-0.25, -0.2) is 4.98 Å². The van der Waals surface area contributed by atoms with Crippen LogP contribution in [0.4, 0.5) is 4.39 Å². The fraction of sp³-hybridized carbons (Fsp3) is 0.375. The Morgan fingerprint density at radius 3 is 3.00 bits per heavy atom. The van der Waals surface area contributed by atoms with Gasteiger partial charge < -0.3 is 5.73 Å². The second kappa shape index (κ2) is 3.83. The van der Waals surface area contributed by atoms with Gasteiger partial charge in [-0.15, -0.1) is 0 Å². The summed E-state index contributed by atoms with van der Waals surface area (Å²) in [5.41, 5.74) is 6.00. The van der Waals surface area contributed by atoms with E-state index in [-0.39, 0.29) is 6.04 Å². The number of aromatic nitrogens is 1. The third kappa shape index (κ3) is 1.93. The van der Waals surface area contributed by atoms with Gasteiger partial charge >= 0.3 is 0 Å². The molecule has 0 spiro atoms. The van der Waals surface area contributed by atoms with Crippen LogP contribution in [0.1, 0.15) is 24.9 Å². The Balaban J connectivity index is 3.04. The molecule has 1 aromatic heterocycles. The molecule has 0 saturated carbocycles. The topological polar surface area (TPSA) is 38.9 Å². The molecule has 0 aliphatic rings. The number of hydrogen-bond donors (Lipinski definition) is 1. The molecular formula is C8H10ClFN2. The fourth-order valence-corrected chi connectivity index (χ4v) is 1.08. The summed E-state index contributed by atoms with van der Waals surface area (Å²) in [7, 11) is 0. The number of nitrogens with two attached hydrogens (primary N) is 1. The molecular weight excluding hydrogens is 179 g/mol. The molecule has 1 rings (SSSR count). The van der Waals surface area contributed by atoms with Gasteiger partial charge in [-0.05, 0) is 12.5 Å². The molecule has 66 valence electrons. The van der Waals surface area contributed by atoms with Crippen molar-refractivity contribution in [3.05, 3.63) is 28.8 Å². The van der Waals surface area contributed by atoms with E-state index in [0.717, 1.165) is 0 Å². The minimum Gasteiger partial charge on any atom is -0.324 e. The van der Waals surface area contributed by atoms with Gasteiger partial charge in [-0.3, -0.25) is 0 Å². The molecule has 1 atom stereocenters. The summed E-state index contributed by atoms with van der Waals surface area (Å²) in [5, 5.41) is 0.412. The lowest BCUT2D eigenvalue weighted by atomic mass is 10.1. The van der Waals surface area contributed by atoms with Gasteiger partial charge in [-0.1, -0.05) is 18.5 Å². The van der Waals surface area contributed by atoms with Crippen LogP contribution in [-0.4, -0.2) is 4.98 Å². The van der Waals surface area contributed by atoms with E-state index in [2.05, 4.69) is 4.98 Å². The lowest BCUT2D eigenvalue weighted by molar-refractivity contribution is 0.540. The lowest BCUT2D eigenvalue weighted by Gasteiger charge is -2.09. The van der Waals surface area contributed by atoms with Crippen molar-refractivity contribution in [3.63, 3.8) is 0 Å². The minimum absolute atomic E-state index is 0.323. The van der Waals surface area contributed by atoms with E-state index in [1.54, 1.807) is 0 Å². The Morgan fingerprint density at radius 1 is 1.75 bits per heavy atom. The Hall–Kier alpha value is -0.670. The predicted octanol–water partition coefficient (Wildman–Crippen LogP) is 2.28. The van der Waals surface area contributed by atoms with E-state index >= 15 is 0 Å². The molecule has 0 aliphatic carbocycles. The van der Waals surface area contributed by atoms with Crippen molar-refractivity contribution in [1.29, 1.82) is 0 Å². The second-order valence-electron chi connectivity index (χ2n) is 2.55. The van der Waals surface area contributed by atoms with E-state index in [0.29, 0.717) is 17.0 Å². The maximum atomic E-state index is 13.0. The van der Waals surface area contributed by atoms with Crippen LogP contribution < -0.4 is 5.73 Å². The van der Waals surface area contributed by atoms with Gasteiger partial charge in [0.2, 0.25) is 5.95 Å². The zero-order valence-corrected chi connectivity index (χ0v) is 7.48. The molecule has 1 heterocycles. The lowest BCUT2D eigenvalue weighted by Crippen LogP contribution is -2.11. The van der Waals surface area contributed by atoms with Crippen LogP contribution in [0, 0.1) is 5.95 Å². The molecule has 0 radical (unpaired) electrons. The summed E-state index contributed by atoms with van der Waals surface area (Å²) in [6, 6.07) is 1.19. The standard InChI is InChI=1S/C8H10ClFN2/c1-2-7(11)6-3-5(9)4-12-8(6)10/h3-4,7H,2,11H2,1H3/t7-/m0/s1. The van der Waals surface area contributed by atoms with Crippen LogP contribution in [0.15, 0.2) is 12.3 Å². The third-order valence-electron chi connectivity index (χ3n) is 1.67. The average molecular weight is 189 g/mol. The molecule has 0 saturated heterocycles. The summed E-state index contributed by atoms with van der Waals surface area (Å²) < 4.78 is 13.0. The summed E-state index contributed by atoms with van der Waals surface area (Å²) in [6.45, 7) is 1.88. The Morgan fingerprint density at radius 2 is 2.42 bits per heavy atom. The maximum Gasteiger partial charge on any atom is 0.217 e. The Bertz CT molecular complexity index is 278. The maximum absolute atomic E-state index is 13.0. The summed E-state index contributed by atoms with van der Waals surface area (Å²) in [6.07, 6.45) is 1.93. The molecule has 0 unspecified atom stereocenters. The van der Waals surface area contributed by atoms with Crippen molar-refractivity contribution in [1.82, 2.24) is 4.98 Å². The van der Waals surface area contributed by atoms with Gasteiger partial charge in [-0.2, -0.15) is 4.39 Å². The smallest absolute Gasteiger partial charge is 0.217 e. The van der Waals surface area contributed by atoms with Crippen molar-refractivity contribution < 1.29 is 4.39 Å². The summed E-state index contributed by atoms with van der Waals surface area (Å²) >= 11 is 5.63. The van der Waals surface area contributed by atoms with Gasteiger partial charge in [0.15, 0.2) is 0 Å². The zero-order valence-electron chi connectivity index (χ0n) is 6.72. The van der Waals surface area contributed by atoms with Crippen molar-refractivity contribution in [2.75, 3.05) is 0 Å². The summed E-state index contributed by atoms with van der Waals surface area (Å²) in [4.78, 5) is 3.47. The highest BCUT2D eigenvalue weighted by Gasteiger charge is 2.10. The average Bonchev–Trinajstić information content (AvgIpc) is 2.08. The van der Waals surface area contributed by atoms with Crippen molar-refractivity contribution in [3.8, 4) is 0 Å². The van der Waals surface area contributed by atoms with E-state index in [9.17, 15) is 4.39 Å². The van der Waals surface area contributed by atoms with Crippen molar-refractivity contribution in [2.45, 2.75) is 19.4 Å². The molecule has 0 aliphatic heterocycles. The van der Waals surface area contributed by atoms with Crippen LogP contribution in [0.2, 0.25) is 5.02 Å². The number of pyridine rings is 1. The first-order valence-corrected chi connectivity index (χ1v) is 4.09. The molecule has 0 fully saturated rings. The van der Waals surface area contributed by atoms with Crippen LogP contribution in [0.3, 0.4) is 0 Å². The largest absolute Gasteiger partial charge is 0.324 e. The SMILES string of the molecule is CC[C@H](N)c1cc(Cl)cnc1F. The van der Waals surface area contributed by atoms with Crippen LogP contribution in [0.25, 0.3) is 0 Å². The predicted molar refractivity (Wildman–Crippen MR) is 46.4 cm³/mol. The highest BCUT2D eigenvalue weighted by Crippen LogP contribution is 2.19. The first kappa shape index (κ1) is 9.42. The number of rotatable bonds is 2. The molecule has 0 amide bonds. The van der Waals surface area contributed by atoms with Gasteiger partial charge in [0.1, 0.15) is 0 Å². The highest BCUT2D eigenvalue weighted by molar-refractivity contribution is 6.30. The van der Waals surface area contributed by atoms with E-state index in [1.807, 2.05) is 6.92 Å². The molecule has 0 aromatic carbocycles. The highest BCUT2D eigenvalue weighted by atomic mass is 35.5. The Kier molecular flexibility index (Phi) is 3.00. The van der Waals surface area contributed by atoms with Crippen LogP contribution >= 0.6 is 11.6 Å². The fourth-order valence-electron chi connectivity index (χ4n) is 0.918. The minimum atomic E-state index is -0.534. The number of hydrogen-bond acceptors (Lipinski definition) is 2. The van der Waals surface area contributed by atoms with Gasteiger partial charge in [0.25, 0.3) is 0 Å². The molecule has 0 bridgehead atoms. The van der Waals surface area contributed by atoms with Crippen molar-refractivity contribution >= 4 is 11.6 Å². The van der Waals surface area contributed by atoms with Crippen LogP contribution in [-0.2, 0) is 0 Å². The number of halogens is 2. The quantitative estimate of drug-likeness (QED) is 0.724. The van der Waals surface area contributed by atoms with E-state index in [4.69, 9.17) is 17.3 Å². The van der Waals surface area contributed by atoms with Gasteiger partial charge in [0, 0.05) is 17.8 Å². The third-order valence-corrected chi connectivity index (χ3v) is 1.88. The molecule has 2 nitrogen and oxygen atoms in total. The molecule has 4 heteroatoms. The number of nitrogens with zero attached hydrogens (tertiary/aromatic N) is 1. The van der Waals surface area contributed by atoms with E-state index in [1.165, 1.54) is 12.3 Å². The normalized spacial score (nSPS) is 13.0. The molecule has 1 aromatic rings. The first-order chi connectivity index (χ1) is 5.65. The zero-order chi connectivity index (χ0) is 9.14. The molecule has 2 N–H and O–H groups in total. The van der Waals surface area contributed by atoms with Crippen molar-refractivity contribution in [2.24, 2.45) is 5.73 Å².